The van der Waals surface area contributed by atoms with Crippen LogP contribution in [0.25, 0.3) is 0 Å². The second-order valence-corrected chi connectivity index (χ2v) is 28.8. The van der Waals surface area contributed by atoms with E-state index in [1.54, 1.807) is 66.4 Å². The number of rotatable bonds is 17. The minimum Gasteiger partial charge on any atom is -0.391 e. The molecule has 24 nitrogen and oxygen atoms in total. The van der Waals surface area contributed by atoms with Crippen molar-refractivity contribution in [2.45, 2.75) is 99.2 Å². The number of thiophene rings is 2. The molecule has 30 heteroatoms. The van der Waals surface area contributed by atoms with Crippen LogP contribution >= 0.6 is 22.7 Å². The van der Waals surface area contributed by atoms with Crippen LogP contribution in [0.4, 0.5) is 21.9 Å². The Labute approximate surface area is 418 Å². The van der Waals surface area contributed by atoms with Crippen LogP contribution in [0.15, 0.2) is 57.5 Å². The first-order chi connectivity index (χ1) is 32.1. The number of hydrogen-bond donors (Lipinski definition) is 3. The van der Waals surface area contributed by atoms with Gasteiger partial charge in [-0.05, 0) is 84.9 Å². The molecule has 2 aliphatic rings. The molecule has 0 saturated carbocycles. The van der Waals surface area contributed by atoms with E-state index in [0.29, 0.717) is 33.4 Å². The Kier molecular flexibility index (Phi) is 17.5. The molecule has 2 aliphatic heterocycles. The molecule has 6 rings (SSSR count). The molecule has 0 radical (unpaired) electrons. The third-order valence-electron chi connectivity index (χ3n) is 11.4. The van der Waals surface area contributed by atoms with E-state index in [-0.39, 0.29) is 83.8 Å². The van der Waals surface area contributed by atoms with Gasteiger partial charge in [-0.15, -0.1) is 11.3 Å². The van der Waals surface area contributed by atoms with Crippen molar-refractivity contribution < 1.29 is 48.8 Å². The lowest BCUT2D eigenvalue weighted by molar-refractivity contribution is -0.380. The van der Waals surface area contributed by atoms with Gasteiger partial charge in [-0.3, -0.25) is 10.1 Å². The standard InChI is InChI=1S/C20H30N6O7S3.C20H32N6O5S3/c1-14(2)25(35(5,30)31)13-16-12-23(36(32,33)18-7-6-17(34-18)26(28)29)8-9-24(16)19-21-10-15(11-22-19)20(3,4)27;1-14(2)26(33(5,28)29)13-16-12-24(34(30,31)18-7-6-17(21)32-18)8-9-25(16)19-22-10-15(11-23-19)20(3,4)27/h6-7,10-11,14,16,27H,8-9,12-13H2,1-5H3;6-7,10-11,14,16,27H,8-9,12-13,21H2,1-5H3/t2*16-/m11/s1. The van der Waals surface area contributed by atoms with Crippen molar-refractivity contribution in [3.05, 3.63) is 70.3 Å². The summed E-state index contributed by atoms with van der Waals surface area (Å²) in [6, 6.07) is 3.49. The number of piperazine rings is 2. The van der Waals surface area contributed by atoms with Gasteiger partial charge < -0.3 is 25.7 Å². The monoisotopic (exact) mass is 1090 g/mol. The van der Waals surface area contributed by atoms with Gasteiger partial charge in [-0.2, -0.15) is 17.2 Å². The number of nitrogen functional groups attached to an aromatic ring is 1. The molecule has 4 N–H and O–H groups in total. The molecule has 0 aromatic carbocycles. The zero-order valence-electron chi connectivity index (χ0n) is 40.5. The number of aromatic nitrogens is 4. The Bertz CT molecular complexity index is 2910. The first-order valence-electron chi connectivity index (χ1n) is 21.8. The average Bonchev–Trinajstić information content (AvgIpc) is 3.94. The number of hydrogen-bond acceptors (Lipinski definition) is 21. The lowest BCUT2D eigenvalue weighted by Crippen LogP contribution is -2.59. The van der Waals surface area contributed by atoms with Crippen molar-refractivity contribution in [3.8, 4) is 0 Å². The highest BCUT2D eigenvalue weighted by molar-refractivity contribution is 7.91. The maximum Gasteiger partial charge on any atom is 0.325 e. The largest absolute Gasteiger partial charge is 0.391 e. The lowest BCUT2D eigenvalue weighted by atomic mass is 10.0. The summed E-state index contributed by atoms with van der Waals surface area (Å²) in [6.45, 7) is 14.1. The molecular formula is C40H62N12O12S6. The van der Waals surface area contributed by atoms with Gasteiger partial charge in [-0.25, -0.2) is 53.6 Å². The highest BCUT2D eigenvalue weighted by Crippen LogP contribution is 2.33. The van der Waals surface area contributed by atoms with E-state index in [9.17, 15) is 54.0 Å². The van der Waals surface area contributed by atoms with Crippen molar-refractivity contribution in [1.29, 1.82) is 0 Å². The smallest absolute Gasteiger partial charge is 0.325 e. The number of nitrogens with zero attached hydrogens (tertiary/aromatic N) is 11. The van der Waals surface area contributed by atoms with Gasteiger partial charge in [-0.1, -0.05) is 0 Å². The molecule has 0 bridgehead atoms. The van der Waals surface area contributed by atoms with E-state index in [1.807, 2.05) is 4.90 Å². The van der Waals surface area contributed by atoms with Crippen LogP contribution in [-0.2, 0) is 51.3 Å². The fourth-order valence-corrected chi connectivity index (χ4v) is 15.5. The van der Waals surface area contributed by atoms with Crippen molar-refractivity contribution in [1.82, 2.24) is 37.2 Å². The van der Waals surface area contributed by atoms with Crippen molar-refractivity contribution in [2.24, 2.45) is 0 Å². The highest BCUT2D eigenvalue weighted by atomic mass is 32.3. The molecule has 0 aliphatic carbocycles. The molecule has 0 unspecified atom stereocenters. The summed E-state index contributed by atoms with van der Waals surface area (Å²) >= 11 is 1.56. The van der Waals surface area contributed by atoms with Crippen LogP contribution in [-0.4, -0.2) is 175 Å². The molecule has 0 spiro atoms. The summed E-state index contributed by atoms with van der Waals surface area (Å²) in [5, 5.41) is 31.6. The van der Waals surface area contributed by atoms with Crippen LogP contribution in [0, 0.1) is 10.1 Å². The van der Waals surface area contributed by atoms with Gasteiger partial charge in [0.25, 0.3) is 20.0 Å². The number of sulfonamides is 4. The summed E-state index contributed by atoms with van der Waals surface area (Å²) in [7, 11) is -15.0. The third kappa shape index (κ3) is 13.7. The van der Waals surface area contributed by atoms with E-state index in [2.05, 4.69) is 19.9 Å². The maximum atomic E-state index is 13.3. The molecule has 390 valence electrons. The average molecular weight is 1100 g/mol. The van der Waals surface area contributed by atoms with Gasteiger partial charge in [0.15, 0.2) is 0 Å². The Hall–Kier alpha value is -4.08. The molecule has 4 aromatic rings. The van der Waals surface area contributed by atoms with Gasteiger partial charge in [0.05, 0.1) is 45.7 Å². The maximum absolute atomic E-state index is 13.3. The second kappa shape index (κ2) is 21.6. The van der Waals surface area contributed by atoms with E-state index < -0.39 is 68.3 Å². The van der Waals surface area contributed by atoms with Crippen LogP contribution in [0.2, 0.25) is 0 Å². The molecule has 0 amide bonds. The summed E-state index contributed by atoms with van der Waals surface area (Å²) in [5.74, 6) is 0.613. The van der Waals surface area contributed by atoms with Crippen molar-refractivity contribution in [2.75, 3.05) is 80.4 Å². The molecule has 70 heavy (non-hydrogen) atoms. The molecule has 2 fully saturated rings. The fourth-order valence-electron chi connectivity index (χ4n) is 7.65. The van der Waals surface area contributed by atoms with Gasteiger partial charge in [0.2, 0.25) is 31.9 Å². The molecule has 6 heterocycles. The van der Waals surface area contributed by atoms with Gasteiger partial charge in [0.1, 0.15) is 8.42 Å². The Balaban J connectivity index is 0.000000261. The Morgan fingerprint density at radius 1 is 0.671 bits per heavy atom. The topological polar surface area (TPSA) is 317 Å². The molecular weight excluding hydrogens is 1030 g/mol. The number of nitrogens with two attached hydrogens (primary N) is 1. The normalized spacial score (nSPS) is 18.5. The van der Waals surface area contributed by atoms with Crippen molar-refractivity contribution in [3.63, 3.8) is 0 Å². The minimum absolute atomic E-state index is 0.0241. The third-order valence-corrected chi connectivity index (χ3v) is 20.9. The van der Waals surface area contributed by atoms with Crippen molar-refractivity contribution >= 4 is 84.7 Å². The van der Waals surface area contributed by atoms with Gasteiger partial charge in [0, 0.05) is 106 Å². The Morgan fingerprint density at radius 3 is 1.31 bits per heavy atom. The zero-order valence-corrected chi connectivity index (χ0v) is 45.4. The van der Waals surface area contributed by atoms with Gasteiger partial charge >= 0.3 is 5.00 Å². The second-order valence-electron chi connectivity index (χ2n) is 18.4. The highest BCUT2D eigenvalue weighted by Gasteiger charge is 2.41. The summed E-state index contributed by atoms with van der Waals surface area (Å²) in [5.41, 5.74) is 4.49. The van der Waals surface area contributed by atoms with Crippen LogP contribution in [0.3, 0.4) is 0 Å². The number of nitro groups is 1. The number of aliphatic hydroxyl groups is 2. The van der Waals surface area contributed by atoms with Crippen LogP contribution in [0.1, 0.15) is 66.5 Å². The SMILES string of the molecule is CC(C)N(C[C@H]1CN(S(=O)(=O)c2ccc(N)s2)CCN1c1ncc(C(C)(C)O)cn1)S(C)(=O)=O.CC(C)N(C[C@H]1CN(S(=O)(=O)c2ccc([N+](=O)[O-])s2)CCN1c1ncc(C(C)(C)O)cn1)S(C)(=O)=O. The quantitative estimate of drug-likeness (QED) is 0.101. The fraction of sp³-hybridized carbons (Fsp3) is 0.600. The number of anilines is 3. The molecule has 4 aromatic heterocycles. The molecule has 2 saturated heterocycles. The predicted octanol–water partition coefficient (Wildman–Crippen LogP) is 2.12. The van der Waals surface area contributed by atoms with Crippen LogP contribution in [0.5, 0.6) is 0 Å². The zero-order chi connectivity index (χ0) is 52.5. The van der Waals surface area contributed by atoms with E-state index in [4.69, 9.17) is 5.73 Å². The van der Waals surface area contributed by atoms with E-state index >= 15 is 0 Å². The Morgan fingerprint density at radius 2 is 1.03 bits per heavy atom. The van der Waals surface area contributed by atoms with E-state index in [0.717, 1.165) is 29.9 Å². The summed E-state index contributed by atoms with van der Waals surface area (Å²) in [4.78, 5) is 31.4. The van der Waals surface area contributed by atoms with Crippen LogP contribution < -0.4 is 15.5 Å². The lowest BCUT2D eigenvalue weighted by Gasteiger charge is -2.42. The summed E-state index contributed by atoms with van der Waals surface area (Å²) in [6.07, 6.45) is 8.22. The first-order valence-corrected chi connectivity index (χ1v) is 30.0. The first kappa shape index (κ1) is 56.8. The predicted molar refractivity (Wildman–Crippen MR) is 267 cm³/mol. The minimum atomic E-state index is -4.05. The molecule has 2 atom stereocenters. The summed E-state index contributed by atoms with van der Waals surface area (Å²) < 4.78 is 108. The van der Waals surface area contributed by atoms with E-state index in [1.165, 1.54) is 54.1 Å².